The van der Waals surface area contributed by atoms with Crippen LogP contribution >= 0.6 is 0 Å². The average Bonchev–Trinajstić information content (AvgIpc) is 3.37. The van der Waals surface area contributed by atoms with E-state index < -0.39 is 9.84 Å². The van der Waals surface area contributed by atoms with Crippen molar-refractivity contribution in [3.8, 4) is 0 Å². The molecule has 0 radical (unpaired) electrons. The Kier molecular flexibility index (Phi) is 5.06. The van der Waals surface area contributed by atoms with Gasteiger partial charge in [-0.05, 0) is 54.8 Å². The zero-order valence-electron chi connectivity index (χ0n) is 15.5. The second-order valence-corrected chi connectivity index (χ2v) is 9.04. The van der Waals surface area contributed by atoms with Gasteiger partial charge in [0, 0.05) is 36.2 Å². The summed E-state index contributed by atoms with van der Waals surface area (Å²) < 4.78 is 23.1. The molecule has 0 spiro atoms. The van der Waals surface area contributed by atoms with Gasteiger partial charge >= 0.3 is 0 Å². The second-order valence-electron chi connectivity index (χ2n) is 7.02. The number of anilines is 2. The van der Waals surface area contributed by atoms with E-state index in [1.807, 2.05) is 6.92 Å². The van der Waals surface area contributed by atoms with Crippen LogP contribution < -0.4 is 10.2 Å². The van der Waals surface area contributed by atoms with E-state index in [4.69, 9.17) is 0 Å². The maximum absolute atomic E-state index is 12.8. The van der Waals surface area contributed by atoms with Crippen LogP contribution in [0.15, 0.2) is 53.4 Å². The highest BCUT2D eigenvalue weighted by Gasteiger charge is 2.39. The molecule has 2 aromatic rings. The van der Waals surface area contributed by atoms with Gasteiger partial charge in [-0.2, -0.15) is 0 Å². The van der Waals surface area contributed by atoms with Gasteiger partial charge in [0.25, 0.3) is 5.91 Å². The molecule has 1 aliphatic carbocycles. The Hall–Kier alpha value is -2.67. The van der Waals surface area contributed by atoms with Crippen molar-refractivity contribution in [2.45, 2.75) is 18.2 Å². The summed E-state index contributed by atoms with van der Waals surface area (Å²) in [6, 6.07) is 12.9. The van der Waals surface area contributed by atoms with E-state index in [1.165, 1.54) is 17.0 Å². The third-order valence-corrected chi connectivity index (χ3v) is 5.91. The van der Waals surface area contributed by atoms with Crippen LogP contribution in [0.1, 0.15) is 23.7 Å². The van der Waals surface area contributed by atoms with Crippen LogP contribution in [0.2, 0.25) is 0 Å². The minimum Gasteiger partial charge on any atom is -0.326 e. The van der Waals surface area contributed by atoms with Crippen molar-refractivity contribution in [1.29, 1.82) is 0 Å². The highest BCUT2D eigenvalue weighted by molar-refractivity contribution is 7.90. The highest BCUT2D eigenvalue weighted by atomic mass is 32.2. The minimum absolute atomic E-state index is 0.0168. The monoisotopic (exact) mass is 386 g/mol. The van der Waals surface area contributed by atoms with E-state index in [0.717, 1.165) is 12.7 Å². The van der Waals surface area contributed by atoms with Crippen LogP contribution in [0.5, 0.6) is 0 Å². The summed E-state index contributed by atoms with van der Waals surface area (Å²) in [7, 11) is -1.66. The lowest BCUT2D eigenvalue weighted by Crippen LogP contribution is -2.26. The molecule has 27 heavy (non-hydrogen) atoms. The third kappa shape index (κ3) is 4.36. The number of hydrogen-bond donors (Lipinski definition) is 1. The van der Waals surface area contributed by atoms with Gasteiger partial charge in [0.1, 0.15) is 0 Å². The fraction of sp³-hybridized carbons (Fsp3) is 0.300. The molecule has 142 valence electrons. The Bertz CT molecular complexity index is 983. The summed E-state index contributed by atoms with van der Waals surface area (Å²) in [4.78, 5) is 26.5. The molecule has 6 nitrogen and oxygen atoms in total. The molecule has 3 rings (SSSR count). The summed E-state index contributed by atoms with van der Waals surface area (Å²) in [6.45, 7) is 2.04. The lowest BCUT2D eigenvalue weighted by molar-refractivity contribution is -0.117. The second kappa shape index (κ2) is 7.15. The van der Waals surface area contributed by atoms with Crippen molar-refractivity contribution in [3.63, 3.8) is 0 Å². The number of sulfone groups is 1. The van der Waals surface area contributed by atoms with Gasteiger partial charge in [0.05, 0.1) is 4.90 Å². The molecule has 2 amide bonds. The van der Waals surface area contributed by atoms with E-state index >= 15 is 0 Å². The first kappa shape index (κ1) is 19.1. The number of benzene rings is 2. The van der Waals surface area contributed by atoms with Crippen molar-refractivity contribution in [2.24, 2.45) is 11.8 Å². The Morgan fingerprint density at radius 1 is 1.11 bits per heavy atom. The van der Waals surface area contributed by atoms with E-state index in [-0.39, 0.29) is 22.6 Å². The highest BCUT2D eigenvalue weighted by Crippen LogP contribution is 2.38. The molecule has 0 aliphatic heterocycles. The summed E-state index contributed by atoms with van der Waals surface area (Å²) in [5.74, 6) is 0.200. The summed E-state index contributed by atoms with van der Waals surface area (Å²) >= 11 is 0. The van der Waals surface area contributed by atoms with E-state index in [9.17, 15) is 18.0 Å². The molecule has 0 heterocycles. The van der Waals surface area contributed by atoms with Crippen LogP contribution in [-0.4, -0.2) is 33.5 Å². The molecule has 1 saturated carbocycles. The van der Waals surface area contributed by atoms with Gasteiger partial charge in [-0.25, -0.2) is 8.42 Å². The zero-order valence-corrected chi connectivity index (χ0v) is 16.3. The van der Waals surface area contributed by atoms with Crippen molar-refractivity contribution in [2.75, 3.05) is 23.5 Å². The Morgan fingerprint density at radius 3 is 2.30 bits per heavy atom. The van der Waals surface area contributed by atoms with Crippen molar-refractivity contribution >= 4 is 33.0 Å². The van der Waals surface area contributed by atoms with Gasteiger partial charge in [-0.3, -0.25) is 9.59 Å². The summed E-state index contributed by atoms with van der Waals surface area (Å²) in [6.07, 6.45) is 2.04. The molecule has 1 N–H and O–H groups in total. The number of nitrogens with zero attached hydrogens (tertiary/aromatic N) is 1. The summed E-state index contributed by atoms with van der Waals surface area (Å²) in [5, 5.41) is 2.86. The van der Waals surface area contributed by atoms with Crippen molar-refractivity contribution in [3.05, 3.63) is 54.1 Å². The first-order valence-corrected chi connectivity index (χ1v) is 10.5. The topological polar surface area (TPSA) is 83.6 Å². The van der Waals surface area contributed by atoms with Crippen LogP contribution in [-0.2, 0) is 14.6 Å². The minimum atomic E-state index is -3.28. The lowest BCUT2D eigenvalue weighted by atomic mass is 10.1. The van der Waals surface area contributed by atoms with Gasteiger partial charge in [-0.15, -0.1) is 0 Å². The Morgan fingerprint density at radius 2 is 1.74 bits per heavy atom. The van der Waals surface area contributed by atoms with E-state index in [0.29, 0.717) is 22.9 Å². The average molecular weight is 386 g/mol. The molecule has 2 unspecified atom stereocenters. The molecule has 0 saturated heterocycles. The van der Waals surface area contributed by atoms with Crippen LogP contribution in [0.4, 0.5) is 11.4 Å². The van der Waals surface area contributed by atoms with Gasteiger partial charge in [0.15, 0.2) is 9.84 Å². The largest absolute Gasteiger partial charge is 0.326 e. The number of hydrogen-bond acceptors (Lipinski definition) is 4. The van der Waals surface area contributed by atoms with E-state index in [1.54, 1.807) is 43.4 Å². The predicted octanol–water partition coefficient (Wildman–Crippen LogP) is 2.96. The Labute approximate surface area is 159 Å². The molecule has 7 heteroatoms. The normalized spacial score (nSPS) is 18.6. The van der Waals surface area contributed by atoms with Crippen LogP contribution in [0.3, 0.4) is 0 Å². The molecule has 0 aromatic heterocycles. The van der Waals surface area contributed by atoms with E-state index in [2.05, 4.69) is 5.32 Å². The smallest absolute Gasteiger partial charge is 0.258 e. The first-order valence-electron chi connectivity index (χ1n) is 8.66. The fourth-order valence-corrected chi connectivity index (χ4v) is 3.51. The fourth-order valence-electron chi connectivity index (χ4n) is 2.88. The maximum atomic E-state index is 12.8. The first-order chi connectivity index (χ1) is 12.7. The number of nitrogens with one attached hydrogen (secondary N) is 1. The van der Waals surface area contributed by atoms with Gasteiger partial charge in [0.2, 0.25) is 5.91 Å². The van der Waals surface area contributed by atoms with Crippen LogP contribution in [0, 0.1) is 11.8 Å². The Balaban J connectivity index is 1.75. The number of carbonyl (C=O) groups is 2. The van der Waals surface area contributed by atoms with Crippen LogP contribution in [0.25, 0.3) is 0 Å². The van der Waals surface area contributed by atoms with Crippen molar-refractivity contribution in [1.82, 2.24) is 0 Å². The number of carbonyl (C=O) groups excluding carboxylic acids is 2. The molecule has 1 fully saturated rings. The van der Waals surface area contributed by atoms with Gasteiger partial charge < -0.3 is 10.2 Å². The third-order valence-electron chi connectivity index (χ3n) is 4.78. The zero-order chi connectivity index (χ0) is 19.8. The molecular weight excluding hydrogens is 364 g/mol. The molecule has 1 aliphatic rings. The standard InChI is InChI=1S/C20H22N2O4S/c1-13-11-18(13)19(23)21-15-6-4-5-14(12-15)20(24)22(2)16-7-9-17(10-8-16)27(3,25)26/h4-10,12-13,18H,11H2,1-3H3,(H,21,23). The van der Waals surface area contributed by atoms with Crippen molar-refractivity contribution < 1.29 is 18.0 Å². The molecule has 2 aromatic carbocycles. The lowest BCUT2D eigenvalue weighted by Gasteiger charge is -2.18. The quantitative estimate of drug-likeness (QED) is 0.856. The molecular formula is C20H22N2O4S. The maximum Gasteiger partial charge on any atom is 0.258 e. The number of amides is 2. The molecule has 0 bridgehead atoms. The predicted molar refractivity (Wildman–Crippen MR) is 105 cm³/mol. The summed E-state index contributed by atoms with van der Waals surface area (Å²) in [5.41, 5.74) is 1.60. The van der Waals surface area contributed by atoms with Gasteiger partial charge in [-0.1, -0.05) is 13.0 Å². The number of rotatable bonds is 5. The SMILES string of the molecule is CC1CC1C(=O)Nc1cccc(C(=O)N(C)c2ccc(S(C)(=O)=O)cc2)c1. The molecule has 2 atom stereocenters.